The van der Waals surface area contributed by atoms with E-state index in [0.717, 1.165) is 5.56 Å². The predicted molar refractivity (Wildman–Crippen MR) is 142 cm³/mol. The molecule has 2 unspecified atom stereocenters. The first-order valence-electron chi connectivity index (χ1n) is 12.3. The SMILES string of the molecule is CC1=C(C(=O)O)C(c2cccc([N+](=O)[O-])c2)C(C(=O)OCC(CCN(C)Cc2ccccc2)O[N+](=O)[O-])=C(C)N1. The lowest BCUT2D eigenvalue weighted by atomic mass is 9.80. The first-order chi connectivity index (χ1) is 19.0. The number of nitrogens with zero attached hydrogens (tertiary/aromatic N) is 3. The predicted octanol–water partition coefficient (Wildman–Crippen LogP) is 3.56. The van der Waals surface area contributed by atoms with Gasteiger partial charge in [0, 0.05) is 36.6 Å². The van der Waals surface area contributed by atoms with E-state index in [1.54, 1.807) is 6.92 Å². The minimum absolute atomic E-state index is 0.0791. The normalized spacial score (nSPS) is 15.8. The Morgan fingerprint density at radius 1 is 1.05 bits per heavy atom. The molecule has 3 rings (SSSR count). The van der Waals surface area contributed by atoms with Crippen LogP contribution in [-0.4, -0.2) is 58.3 Å². The van der Waals surface area contributed by atoms with Crippen LogP contribution >= 0.6 is 0 Å². The molecular weight excluding hydrogens is 524 g/mol. The van der Waals surface area contributed by atoms with E-state index in [1.807, 2.05) is 42.3 Å². The molecule has 2 atom stereocenters. The number of dihydropyridines is 1. The maximum absolute atomic E-state index is 13.4. The van der Waals surface area contributed by atoms with Crippen LogP contribution in [0.2, 0.25) is 0 Å². The van der Waals surface area contributed by atoms with Gasteiger partial charge in [-0.05, 0) is 38.4 Å². The van der Waals surface area contributed by atoms with E-state index in [1.165, 1.54) is 31.2 Å². The second-order valence-corrected chi connectivity index (χ2v) is 9.35. The number of benzene rings is 2. The highest BCUT2D eigenvalue weighted by atomic mass is 17.0. The number of nitro benzene ring substituents is 1. The van der Waals surface area contributed by atoms with Gasteiger partial charge in [0.05, 0.1) is 22.0 Å². The first kappa shape index (κ1) is 29.8. The average Bonchev–Trinajstić information content (AvgIpc) is 2.89. The summed E-state index contributed by atoms with van der Waals surface area (Å²) in [7, 11) is 1.84. The zero-order valence-electron chi connectivity index (χ0n) is 22.2. The summed E-state index contributed by atoms with van der Waals surface area (Å²) in [5.41, 5.74) is 1.28. The maximum Gasteiger partial charge on any atom is 0.336 e. The number of hydrogen-bond donors (Lipinski definition) is 2. The fourth-order valence-electron chi connectivity index (χ4n) is 4.57. The zero-order valence-corrected chi connectivity index (χ0v) is 22.2. The molecular formula is C27H30N4O9. The van der Waals surface area contributed by atoms with E-state index in [-0.39, 0.29) is 34.5 Å². The van der Waals surface area contributed by atoms with Gasteiger partial charge in [0.25, 0.3) is 10.8 Å². The Morgan fingerprint density at radius 2 is 1.73 bits per heavy atom. The van der Waals surface area contributed by atoms with Gasteiger partial charge in [-0.15, -0.1) is 10.1 Å². The van der Waals surface area contributed by atoms with Crippen LogP contribution in [0.5, 0.6) is 0 Å². The molecule has 212 valence electrons. The van der Waals surface area contributed by atoms with Crippen molar-refractivity contribution in [2.45, 2.75) is 38.8 Å². The number of allylic oxidation sites excluding steroid dienone is 2. The van der Waals surface area contributed by atoms with Gasteiger partial charge in [0.1, 0.15) is 12.7 Å². The van der Waals surface area contributed by atoms with Crippen LogP contribution in [0.25, 0.3) is 0 Å². The van der Waals surface area contributed by atoms with E-state index < -0.39 is 40.6 Å². The molecule has 13 nitrogen and oxygen atoms in total. The number of carbonyl (C=O) groups excluding carboxylic acids is 1. The molecule has 0 fully saturated rings. The van der Waals surface area contributed by atoms with E-state index in [9.17, 15) is 34.9 Å². The van der Waals surface area contributed by atoms with Gasteiger partial charge in [-0.2, -0.15) is 0 Å². The Hall–Kier alpha value is -4.78. The van der Waals surface area contributed by atoms with Crippen molar-refractivity contribution in [2.75, 3.05) is 20.2 Å². The quantitative estimate of drug-likeness (QED) is 0.210. The van der Waals surface area contributed by atoms with Crippen LogP contribution in [-0.2, 0) is 25.7 Å². The van der Waals surface area contributed by atoms with Gasteiger partial charge < -0.3 is 24.9 Å². The Bertz CT molecular complexity index is 1340. The lowest BCUT2D eigenvalue weighted by molar-refractivity contribution is -0.769. The average molecular weight is 555 g/mol. The van der Waals surface area contributed by atoms with Gasteiger partial charge >= 0.3 is 11.9 Å². The van der Waals surface area contributed by atoms with E-state index >= 15 is 0 Å². The highest BCUT2D eigenvalue weighted by molar-refractivity contribution is 5.99. The number of nitro groups is 1. The molecule has 1 heterocycles. The van der Waals surface area contributed by atoms with E-state index in [0.29, 0.717) is 18.8 Å². The van der Waals surface area contributed by atoms with Crippen LogP contribution in [0.1, 0.15) is 37.3 Å². The third-order valence-corrected chi connectivity index (χ3v) is 6.39. The number of hydrogen-bond acceptors (Lipinski definition) is 10. The second kappa shape index (κ2) is 13.3. The molecule has 0 radical (unpaired) electrons. The largest absolute Gasteiger partial charge is 0.478 e. The number of aliphatic carboxylic acids is 1. The fourth-order valence-corrected chi connectivity index (χ4v) is 4.57. The van der Waals surface area contributed by atoms with Crippen LogP contribution in [0.15, 0.2) is 77.1 Å². The third-order valence-electron chi connectivity index (χ3n) is 6.39. The minimum Gasteiger partial charge on any atom is -0.478 e. The number of carboxylic acid groups (broad SMARTS) is 1. The summed E-state index contributed by atoms with van der Waals surface area (Å²) >= 11 is 0. The molecule has 2 N–H and O–H groups in total. The Kier molecular flexibility index (Phi) is 9.92. The molecule has 0 saturated carbocycles. The molecule has 1 aliphatic rings. The standard InChI is InChI=1S/C27H30N4O9/c1-17-23(26(32)33)25(20-10-7-11-21(14-20)30(35)36)24(18(2)28-17)27(34)39-16-22(40-31(37)38)12-13-29(3)15-19-8-5-4-6-9-19/h4-11,14,22,25,28H,12-13,15-16H2,1-3H3,(H,32,33). The van der Waals surface area contributed by atoms with Crippen molar-refractivity contribution in [2.24, 2.45) is 0 Å². The first-order valence-corrected chi connectivity index (χ1v) is 12.3. The molecule has 1 aliphatic heterocycles. The van der Waals surface area contributed by atoms with E-state index in [4.69, 9.17) is 9.57 Å². The number of nitrogens with one attached hydrogen (secondary N) is 1. The summed E-state index contributed by atoms with van der Waals surface area (Å²) in [5.74, 6) is -3.43. The van der Waals surface area contributed by atoms with E-state index in [2.05, 4.69) is 5.32 Å². The van der Waals surface area contributed by atoms with Gasteiger partial charge in [-0.25, -0.2) is 9.59 Å². The molecule has 0 aromatic heterocycles. The van der Waals surface area contributed by atoms with Crippen molar-refractivity contribution in [1.82, 2.24) is 10.2 Å². The number of ether oxygens (including phenoxy) is 1. The second-order valence-electron chi connectivity index (χ2n) is 9.35. The van der Waals surface area contributed by atoms with Crippen LogP contribution in [0.3, 0.4) is 0 Å². The van der Waals surface area contributed by atoms with Crippen molar-refractivity contribution >= 4 is 17.6 Å². The summed E-state index contributed by atoms with van der Waals surface area (Å²) in [6, 6.07) is 15.0. The Balaban J connectivity index is 1.80. The number of rotatable bonds is 13. The summed E-state index contributed by atoms with van der Waals surface area (Å²) in [6.07, 6.45) is -0.913. The highest BCUT2D eigenvalue weighted by Gasteiger charge is 2.38. The Labute approximate surface area is 229 Å². The van der Waals surface area contributed by atoms with Gasteiger partial charge in [-0.1, -0.05) is 42.5 Å². The van der Waals surface area contributed by atoms with Crippen molar-refractivity contribution in [3.8, 4) is 0 Å². The number of non-ortho nitro benzene ring substituents is 1. The number of carboxylic acids is 1. The topological polar surface area (TPSA) is 174 Å². The smallest absolute Gasteiger partial charge is 0.336 e. The third kappa shape index (κ3) is 7.63. The minimum atomic E-state index is -1.32. The van der Waals surface area contributed by atoms with Crippen molar-refractivity contribution in [1.29, 1.82) is 0 Å². The summed E-state index contributed by atoms with van der Waals surface area (Å²) < 4.78 is 5.42. The molecule has 40 heavy (non-hydrogen) atoms. The molecule has 13 heteroatoms. The summed E-state index contributed by atoms with van der Waals surface area (Å²) in [5, 5.41) is 34.3. The molecule has 2 aromatic carbocycles. The fraction of sp³-hybridized carbons (Fsp3) is 0.333. The van der Waals surface area contributed by atoms with Crippen molar-refractivity contribution < 1.29 is 34.3 Å². The monoisotopic (exact) mass is 554 g/mol. The van der Waals surface area contributed by atoms with Crippen molar-refractivity contribution in [3.05, 3.63) is 108 Å². The summed E-state index contributed by atoms with van der Waals surface area (Å²) in [6.45, 7) is 3.59. The van der Waals surface area contributed by atoms with Gasteiger partial charge in [-0.3, -0.25) is 10.1 Å². The zero-order chi connectivity index (χ0) is 29.4. The summed E-state index contributed by atoms with van der Waals surface area (Å²) in [4.78, 5) is 54.1. The Morgan fingerprint density at radius 3 is 2.35 bits per heavy atom. The van der Waals surface area contributed by atoms with Crippen LogP contribution < -0.4 is 5.32 Å². The van der Waals surface area contributed by atoms with Crippen molar-refractivity contribution in [3.63, 3.8) is 0 Å². The molecule has 0 spiro atoms. The molecule has 0 saturated heterocycles. The highest BCUT2D eigenvalue weighted by Crippen LogP contribution is 2.39. The van der Waals surface area contributed by atoms with Gasteiger partial charge in [0.2, 0.25) is 0 Å². The van der Waals surface area contributed by atoms with Crippen LogP contribution in [0.4, 0.5) is 5.69 Å². The lowest BCUT2D eigenvalue weighted by Gasteiger charge is -2.30. The molecule has 0 aliphatic carbocycles. The van der Waals surface area contributed by atoms with Crippen LogP contribution in [0, 0.1) is 20.2 Å². The van der Waals surface area contributed by atoms with Gasteiger partial charge in [0.15, 0.2) is 0 Å². The molecule has 0 bridgehead atoms. The molecule has 0 amide bonds. The maximum atomic E-state index is 13.4. The number of esters is 1. The number of carbonyl (C=O) groups is 2. The lowest BCUT2D eigenvalue weighted by Crippen LogP contribution is -2.34. The molecule has 2 aromatic rings.